The summed E-state index contributed by atoms with van der Waals surface area (Å²) in [6, 6.07) is 7.88. The normalized spacial score (nSPS) is 12.3. The number of carbonyl (C=O) groups is 2. The number of aromatic amines is 1. The first-order valence-electron chi connectivity index (χ1n) is 8.35. The third-order valence-corrected chi connectivity index (χ3v) is 4.81. The molecule has 6 heteroatoms. The highest BCUT2D eigenvalue weighted by Crippen LogP contribution is 2.36. The predicted octanol–water partition coefficient (Wildman–Crippen LogP) is 4.81. The quantitative estimate of drug-likeness (QED) is 0.488. The molecule has 136 valence electrons. The molecule has 1 atom stereocenters. The zero-order chi connectivity index (χ0) is 19.0. The van der Waals surface area contributed by atoms with Crippen LogP contribution in [0.15, 0.2) is 28.7 Å². The second-order valence-electron chi connectivity index (χ2n) is 6.43. The second kappa shape index (κ2) is 7.11. The van der Waals surface area contributed by atoms with Gasteiger partial charge < -0.3 is 14.5 Å². The van der Waals surface area contributed by atoms with E-state index in [1.165, 1.54) is 13.8 Å². The molecule has 3 aromatic rings. The Morgan fingerprint density at radius 2 is 1.88 bits per heavy atom. The third-order valence-electron chi connectivity index (χ3n) is 4.31. The van der Waals surface area contributed by atoms with Crippen LogP contribution in [0.2, 0.25) is 0 Å². The van der Waals surface area contributed by atoms with E-state index in [0.29, 0.717) is 12.2 Å². The highest BCUT2D eigenvalue weighted by atomic mass is 79.9. The number of H-pyrrole nitrogens is 1. The first-order valence-corrected chi connectivity index (χ1v) is 9.14. The van der Waals surface area contributed by atoms with Crippen molar-refractivity contribution in [2.75, 3.05) is 0 Å². The number of halogens is 1. The Kier molecular flexibility index (Phi) is 5.05. The fourth-order valence-electron chi connectivity index (χ4n) is 3.28. The van der Waals surface area contributed by atoms with Gasteiger partial charge in [0.05, 0.1) is 5.52 Å². The Bertz CT molecular complexity index is 1020. The first-order chi connectivity index (χ1) is 12.3. The lowest BCUT2D eigenvalue weighted by Gasteiger charge is -2.17. The van der Waals surface area contributed by atoms with Crippen LogP contribution in [0.4, 0.5) is 0 Å². The number of hydrogen-bond donors (Lipinski definition) is 1. The number of rotatable bonds is 4. The molecule has 0 spiro atoms. The molecule has 5 nitrogen and oxygen atoms in total. The van der Waals surface area contributed by atoms with Gasteiger partial charge in [0.2, 0.25) is 0 Å². The average molecular weight is 418 g/mol. The largest absolute Gasteiger partial charge is 0.463 e. The van der Waals surface area contributed by atoms with Crippen molar-refractivity contribution in [2.45, 2.75) is 40.2 Å². The number of carbonyl (C=O) groups excluding carboxylic acids is 2. The van der Waals surface area contributed by atoms with E-state index in [-0.39, 0.29) is 18.0 Å². The van der Waals surface area contributed by atoms with E-state index < -0.39 is 0 Å². The number of esters is 2. The van der Waals surface area contributed by atoms with Gasteiger partial charge in [-0.1, -0.05) is 15.9 Å². The van der Waals surface area contributed by atoms with E-state index in [9.17, 15) is 9.59 Å². The lowest BCUT2D eigenvalue weighted by atomic mass is 9.98. The summed E-state index contributed by atoms with van der Waals surface area (Å²) in [5.41, 5.74) is 3.78. The van der Waals surface area contributed by atoms with Gasteiger partial charge in [-0.25, -0.2) is 0 Å². The minimum absolute atomic E-state index is 0.292. The molecule has 0 radical (unpaired) electrons. The van der Waals surface area contributed by atoms with Crippen LogP contribution in [-0.4, -0.2) is 23.0 Å². The molecule has 0 aliphatic rings. The maximum Gasteiger partial charge on any atom is 0.308 e. The molecule has 3 rings (SSSR count). The van der Waals surface area contributed by atoms with Gasteiger partial charge >= 0.3 is 11.9 Å². The van der Waals surface area contributed by atoms with Crippen LogP contribution >= 0.6 is 15.9 Å². The topological polar surface area (TPSA) is 68.4 Å². The van der Waals surface area contributed by atoms with Crippen molar-refractivity contribution in [3.05, 3.63) is 39.9 Å². The third kappa shape index (κ3) is 3.60. The zero-order valence-corrected chi connectivity index (χ0v) is 16.7. The van der Waals surface area contributed by atoms with Crippen molar-refractivity contribution in [1.82, 2.24) is 4.98 Å². The van der Waals surface area contributed by atoms with Crippen LogP contribution < -0.4 is 4.74 Å². The molecule has 0 fully saturated rings. The van der Waals surface area contributed by atoms with Crippen LogP contribution in [0.25, 0.3) is 21.8 Å². The minimum Gasteiger partial charge on any atom is -0.463 e. The van der Waals surface area contributed by atoms with E-state index in [2.05, 4.69) is 20.9 Å². The minimum atomic E-state index is -0.368. The number of benzene rings is 2. The molecule has 2 aromatic carbocycles. The van der Waals surface area contributed by atoms with Crippen molar-refractivity contribution in [1.29, 1.82) is 0 Å². The van der Waals surface area contributed by atoms with E-state index in [0.717, 1.165) is 37.4 Å². The molecule has 1 unspecified atom stereocenters. The van der Waals surface area contributed by atoms with Crippen LogP contribution in [0.1, 0.15) is 31.9 Å². The molecule has 0 saturated heterocycles. The molecular weight excluding hydrogens is 398 g/mol. The van der Waals surface area contributed by atoms with Crippen molar-refractivity contribution in [3.63, 3.8) is 0 Å². The summed E-state index contributed by atoms with van der Waals surface area (Å²) in [4.78, 5) is 26.3. The lowest BCUT2D eigenvalue weighted by molar-refractivity contribution is -0.145. The van der Waals surface area contributed by atoms with E-state index in [1.54, 1.807) is 0 Å². The van der Waals surface area contributed by atoms with Crippen molar-refractivity contribution >= 4 is 49.7 Å². The van der Waals surface area contributed by atoms with Gasteiger partial charge in [0.25, 0.3) is 0 Å². The van der Waals surface area contributed by atoms with Gasteiger partial charge in [0.15, 0.2) is 0 Å². The van der Waals surface area contributed by atoms with E-state index in [1.807, 2.05) is 38.1 Å². The van der Waals surface area contributed by atoms with E-state index in [4.69, 9.17) is 9.47 Å². The molecule has 0 bridgehead atoms. The van der Waals surface area contributed by atoms with Crippen molar-refractivity contribution in [3.8, 4) is 5.75 Å². The maximum atomic E-state index is 11.5. The molecule has 0 saturated carbocycles. The van der Waals surface area contributed by atoms with Crippen molar-refractivity contribution in [2.24, 2.45) is 0 Å². The molecule has 26 heavy (non-hydrogen) atoms. The Balaban J connectivity index is 2.24. The SMILES string of the molecule is CC(=O)Oc1cc2c([nH]c3ccc(Br)cc32)c(CC(C)OC(C)=O)c1C. The summed E-state index contributed by atoms with van der Waals surface area (Å²) >= 11 is 3.51. The molecular formula is C20H20BrNO4. The van der Waals surface area contributed by atoms with Gasteiger partial charge in [-0.05, 0) is 49.2 Å². The summed E-state index contributed by atoms with van der Waals surface area (Å²) in [5, 5.41) is 2.00. The Labute approximate surface area is 159 Å². The number of fused-ring (bicyclic) bond motifs is 3. The Hall–Kier alpha value is -2.34. The van der Waals surface area contributed by atoms with Crippen LogP contribution in [0.3, 0.4) is 0 Å². The number of aromatic nitrogens is 1. The molecule has 1 heterocycles. The summed E-state index contributed by atoms with van der Waals surface area (Å²) in [6.45, 7) is 6.55. The Morgan fingerprint density at radius 3 is 2.54 bits per heavy atom. The average Bonchev–Trinajstić information content (AvgIpc) is 2.88. The summed E-state index contributed by atoms with van der Waals surface area (Å²) in [5.74, 6) is -0.161. The number of ether oxygens (including phenoxy) is 2. The predicted molar refractivity (Wildman–Crippen MR) is 104 cm³/mol. The summed E-state index contributed by atoms with van der Waals surface area (Å²) in [6.07, 6.45) is 0.227. The number of hydrogen-bond acceptors (Lipinski definition) is 4. The second-order valence-corrected chi connectivity index (χ2v) is 7.35. The smallest absolute Gasteiger partial charge is 0.308 e. The zero-order valence-electron chi connectivity index (χ0n) is 15.1. The van der Waals surface area contributed by atoms with Crippen LogP contribution in [0.5, 0.6) is 5.75 Å². The number of nitrogens with one attached hydrogen (secondary N) is 1. The highest BCUT2D eigenvalue weighted by Gasteiger charge is 2.19. The monoisotopic (exact) mass is 417 g/mol. The van der Waals surface area contributed by atoms with Crippen LogP contribution in [0, 0.1) is 6.92 Å². The van der Waals surface area contributed by atoms with E-state index >= 15 is 0 Å². The fourth-order valence-corrected chi connectivity index (χ4v) is 3.64. The van der Waals surface area contributed by atoms with Gasteiger partial charge in [-0.2, -0.15) is 0 Å². The van der Waals surface area contributed by atoms with Crippen LogP contribution in [-0.2, 0) is 20.7 Å². The van der Waals surface area contributed by atoms with Gasteiger partial charge in [0, 0.05) is 41.0 Å². The van der Waals surface area contributed by atoms with Gasteiger partial charge in [-0.15, -0.1) is 0 Å². The lowest BCUT2D eigenvalue weighted by Crippen LogP contribution is -2.16. The molecule has 0 aliphatic carbocycles. The van der Waals surface area contributed by atoms with Gasteiger partial charge in [0.1, 0.15) is 11.9 Å². The highest BCUT2D eigenvalue weighted by molar-refractivity contribution is 9.10. The first kappa shape index (κ1) is 18.5. The molecule has 1 aromatic heterocycles. The molecule has 0 aliphatic heterocycles. The standard InChI is InChI=1S/C20H20BrNO4/c1-10(25-12(3)23)7-15-11(2)19(26-13(4)24)9-17-16-8-14(21)5-6-18(16)22-20(15)17/h5-6,8-10,22H,7H2,1-4H3. The van der Waals surface area contributed by atoms with Crippen molar-refractivity contribution < 1.29 is 19.1 Å². The fraction of sp³-hybridized carbons (Fsp3) is 0.300. The summed E-state index contributed by atoms with van der Waals surface area (Å²) < 4.78 is 11.7. The van der Waals surface area contributed by atoms with Gasteiger partial charge in [-0.3, -0.25) is 9.59 Å². The maximum absolute atomic E-state index is 11.5. The summed E-state index contributed by atoms with van der Waals surface area (Å²) in [7, 11) is 0. The molecule has 0 amide bonds. The molecule has 1 N–H and O–H groups in total. The Morgan fingerprint density at radius 1 is 1.15 bits per heavy atom.